The molecule has 7 aromatic carbocycles. The van der Waals surface area contributed by atoms with Crippen LogP contribution in [0.5, 0.6) is 0 Å². The van der Waals surface area contributed by atoms with E-state index in [1.807, 2.05) is 6.20 Å². The maximum absolute atomic E-state index is 5.01. The fraction of sp³-hybridized carbons (Fsp3) is 0. The average molecular weight is 571 g/mol. The molecule has 9 aromatic rings. The van der Waals surface area contributed by atoms with E-state index in [2.05, 4.69) is 156 Å². The van der Waals surface area contributed by atoms with E-state index in [1.54, 1.807) is 0 Å². The molecule has 0 saturated carbocycles. The lowest BCUT2D eigenvalue weighted by Gasteiger charge is -2.11. The van der Waals surface area contributed by atoms with Gasteiger partial charge in [0.2, 0.25) is 0 Å². The van der Waals surface area contributed by atoms with Gasteiger partial charge in [0.25, 0.3) is 0 Å². The van der Waals surface area contributed by atoms with Crippen LogP contribution in [0.4, 0.5) is 0 Å². The molecule has 2 nitrogen and oxygen atoms in total. The van der Waals surface area contributed by atoms with Crippen molar-refractivity contribution in [3.63, 3.8) is 0 Å². The van der Waals surface area contributed by atoms with Crippen LogP contribution in [0.1, 0.15) is 0 Å². The number of para-hydroxylation sites is 1. The maximum Gasteiger partial charge on any atom is 0.0970 e. The van der Waals surface area contributed by atoms with Crippen LogP contribution >= 0.6 is 0 Å². The summed E-state index contributed by atoms with van der Waals surface area (Å²) in [5.74, 6) is 0. The Bertz CT molecular complexity index is 2600. The lowest BCUT2D eigenvalue weighted by atomic mass is 9.93. The number of hydrogen-bond donors (Lipinski definition) is 0. The molecule has 45 heavy (non-hydrogen) atoms. The second-order valence-corrected chi connectivity index (χ2v) is 12.0. The van der Waals surface area contributed by atoms with E-state index >= 15 is 0 Å². The number of pyridine rings is 1. The third-order valence-corrected chi connectivity index (χ3v) is 9.58. The van der Waals surface area contributed by atoms with Gasteiger partial charge in [0, 0.05) is 28.0 Å². The van der Waals surface area contributed by atoms with Gasteiger partial charge in [-0.1, -0.05) is 127 Å². The Morgan fingerprint density at radius 1 is 0.422 bits per heavy atom. The Hall–Kier alpha value is -5.99. The predicted molar refractivity (Wildman–Crippen MR) is 189 cm³/mol. The van der Waals surface area contributed by atoms with Crippen LogP contribution in [0.2, 0.25) is 0 Å². The molecule has 2 heterocycles. The molecule has 1 aliphatic carbocycles. The highest BCUT2D eigenvalue weighted by Crippen LogP contribution is 2.49. The van der Waals surface area contributed by atoms with Gasteiger partial charge in [0.15, 0.2) is 0 Å². The van der Waals surface area contributed by atoms with Crippen LogP contribution in [0, 0.1) is 0 Å². The number of hydrogen-bond acceptors (Lipinski definition) is 1. The van der Waals surface area contributed by atoms with Crippen LogP contribution in [-0.2, 0) is 0 Å². The lowest BCUT2D eigenvalue weighted by Crippen LogP contribution is -1.94. The zero-order valence-electron chi connectivity index (χ0n) is 24.4. The zero-order valence-corrected chi connectivity index (χ0v) is 24.4. The van der Waals surface area contributed by atoms with E-state index in [-0.39, 0.29) is 0 Å². The summed E-state index contributed by atoms with van der Waals surface area (Å²) in [5, 5.41) is 6.19. The molecule has 0 amide bonds. The van der Waals surface area contributed by atoms with E-state index in [4.69, 9.17) is 4.98 Å². The first-order valence-corrected chi connectivity index (χ1v) is 15.5. The maximum atomic E-state index is 5.01. The number of benzene rings is 7. The highest BCUT2D eigenvalue weighted by molar-refractivity contribution is 6.19. The Morgan fingerprint density at radius 3 is 1.91 bits per heavy atom. The van der Waals surface area contributed by atoms with Gasteiger partial charge in [-0.2, -0.15) is 0 Å². The number of aromatic nitrogens is 2. The van der Waals surface area contributed by atoms with Crippen molar-refractivity contribution in [2.24, 2.45) is 0 Å². The van der Waals surface area contributed by atoms with Gasteiger partial charge in [-0.05, 0) is 79.5 Å². The minimum atomic E-state index is 1.03. The molecule has 0 fully saturated rings. The summed E-state index contributed by atoms with van der Waals surface area (Å²) < 4.78 is 2.36. The quantitative estimate of drug-likeness (QED) is 0.207. The van der Waals surface area contributed by atoms with Crippen LogP contribution < -0.4 is 0 Å². The Balaban J connectivity index is 1.12. The largest absolute Gasteiger partial charge is 0.307 e. The van der Waals surface area contributed by atoms with Crippen molar-refractivity contribution in [3.05, 3.63) is 158 Å². The molecule has 208 valence electrons. The Morgan fingerprint density at radius 2 is 1.07 bits per heavy atom. The molecule has 2 aromatic heterocycles. The van der Waals surface area contributed by atoms with Crippen LogP contribution in [0.15, 0.2) is 158 Å². The van der Waals surface area contributed by atoms with Gasteiger partial charge in [-0.15, -0.1) is 0 Å². The van der Waals surface area contributed by atoms with Crippen molar-refractivity contribution in [3.8, 4) is 50.2 Å². The van der Waals surface area contributed by atoms with Crippen LogP contribution in [0.25, 0.3) is 93.7 Å². The molecule has 0 bridgehead atoms. The van der Waals surface area contributed by atoms with Crippen molar-refractivity contribution < 1.29 is 0 Å². The van der Waals surface area contributed by atoms with Crippen molar-refractivity contribution in [2.75, 3.05) is 0 Å². The van der Waals surface area contributed by atoms with Gasteiger partial charge in [0.05, 0.1) is 16.6 Å². The molecule has 0 N–H and O–H groups in total. The summed E-state index contributed by atoms with van der Waals surface area (Å²) in [6.45, 7) is 0. The van der Waals surface area contributed by atoms with E-state index in [0.29, 0.717) is 0 Å². The molecule has 0 radical (unpaired) electrons. The molecule has 0 spiro atoms. The second kappa shape index (κ2) is 9.25. The Labute approximate surface area is 260 Å². The van der Waals surface area contributed by atoms with Gasteiger partial charge >= 0.3 is 0 Å². The van der Waals surface area contributed by atoms with Gasteiger partial charge in [-0.3, -0.25) is 4.98 Å². The first kappa shape index (κ1) is 24.5. The van der Waals surface area contributed by atoms with Crippen molar-refractivity contribution in [2.45, 2.75) is 0 Å². The normalized spacial score (nSPS) is 12.0. The third kappa shape index (κ3) is 3.48. The predicted octanol–water partition coefficient (Wildman–Crippen LogP) is 11.5. The topological polar surface area (TPSA) is 17.8 Å². The fourth-order valence-corrected chi connectivity index (χ4v) is 7.54. The minimum Gasteiger partial charge on any atom is -0.307 e. The summed E-state index contributed by atoms with van der Waals surface area (Å²) >= 11 is 0. The van der Waals surface area contributed by atoms with Crippen molar-refractivity contribution in [1.29, 1.82) is 0 Å². The van der Waals surface area contributed by atoms with Crippen LogP contribution in [-0.4, -0.2) is 9.55 Å². The molecule has 10 rings (SSSR count). The molecular formula is C43H26N2. The molecule has 2 heteroatoms. The van der Waals surface area contributed by atoms with Crippen molar-refractivity contribution in [1.82, 2.24) is 9.55 Å². The summed E-state index contributed by atoms with van der Waals surface area (Å²) in [4.78, 5) is 5.01. The average Bonchev–Trinajstić information content (AvgIpc) is 3.63. The molecule has 1 aliphatic rings. The summed E-state index contributed by atoms with van der Waals surface area (Å²) in [5.41, 5.74) is 14.7. The highest BCUT2D eigenvalue weighted by atomic mass is 15.0. The summed E-state index contributed by atoms with van der Waals surface area (Å²) in [6.07, 6.45) is 2.00. The third-order valence-electron chi connectivity index (χ3n) is 9.58. The zero-order chi connectivity index (χ0) is 29.5. The highest BCUT2D eigenvalue weighted by Gasteiger charge is 2.22. The van der Waals surface area contributed by atoms with E-state index in [9.17, 15) is 0 Å². The van der Waals surface area contributed by atoms with Crippen molar-refractivity contribution >= 4 is 43.5 Å². The standard InChI is InChI=1S/C43H26N2/c1-2-10-31(11-3-1)45-40-24-21-29(25-39(40)42-43(45)33-12-5-4-9-30(33)26-44-42)27-17-19-28(20-18-27)32-22-23-38-35-14-7-6-13-34(35)37-16-8-15-36(32)41(37)38/h1-26H. The van der Waals surface area contributed by atoms with E-state index in [0.717, 1.165) is 33.0 Å². The summed E-state index contributed by atoms with van der Waals surface area (Å²) in [6, 6.07) is 55.1. The molecule has 0 unspecified atom stereocenters. The van der Waals surface area contributed by atoms with E-state index < -0.39 is 0 Å². The smallest absolute Gasteiger partial charge is 0.0970 e. The minimum absolute atomic E-state index is 1.03. The van der Waals surface area contributed by atoms with Gasteiger partial charge in [0.1, 0.15) is 0 Å². The molecule has 0 atom stereocenters. The molecule has 0 aliphatic heterocycles. The SMILES string of the molecule is c1ccc(-n2c3ccc(-c4ccc(-c5ccc6c7c(cccc57)-c5ccccc5-6)cc4)cc3c3ncc4ccccc4c32)cc1. The van der Waals surface area contributed by atoms with Crippen LogP contribution in [0.3, 0.4) is 0 Å². The lowest BCUT2D eigenvalue weighted by molar-refractivity contribution is 1.18. The second-order valence-electron chi connectivity index (χ2n) is 12.0. The first-order chi connectivity index (χ1) is 22.3. The first-order valence-electron chi connectivity index (χ1n) is 15.5. The van der Waals surface area contributed by atoms with Gasteiger partial charge in [-0.25, -0.2) is 0 Å². The molecular weight excluding hydrogens is 544 g/mol. The Kier molecular flexibility index (Phi) is 5.03. The fourth-order valence-electron chi connectivity index (χ4n) is 7.54. The number of nitrogens with zero attached hydrogens (tertiary/aromatic N) is 2. The molecule has 0 saturated heterocycles. The monoisotopic (exact) mass is 570 g/mol. The number of fused-ring (bicyclic) bond motifs is 8. The van der Waals surface area contributed by atoms with E-state index in [1.165, 1.54) is 60.7 Å². The summed E-state index contributed by atoms with van der Waals surface area (Å²) in [7, 11) is 0. The number of rotatable bonds is 3. The van der Waals surface area contributed by atoms with Gasteiger partial charge < -0.3 is 4.57 Å².